The minimum Gasteiger partial charge on any atom is -0.454 e. The molecule has 4 rings (SSSR count). The van der Waals surface area contributed by atoms with Crippen LogP contribution >= 0.6 is 0 Å². The number of hydrogen-bond acceptors (Lipinski definition) is 4. The van der Waals surface area contributed by atoms with E-state index in [-0.39, 0.29) is 11.7 Å². The van der Waals surface area contributed by atoms with Crippen LogP contribution in [0.3, 0.4) is 0 Å². The van der Waals surface area contributed by atoms with Gasteiger partial charge in [0.05, 0.1) is 10.6 Å². The molecule has 0 spiro atoms. The Morgan fingerprint density at radius 1 is 1.17 bits per heavy atom. The molecule has 2 N–H and O–H groups in total. The summed E-state index contributed by atoms with van der Waals surface area (Å²) in [6.45, 7) is 0. The molecule has 124 valence electrons. The number of rotatable bonds is 3. The van der Waals surface area contributed by atoms with Crippen LogP contribution in [0.4, 0.5) is 10.1 Å². The third-order valence-corrected chi connectivity index (χ3v) is 5.53. The van der Waals surface area contributed by atoms with Gasteiger partial charge in [0.2, 0.25) is 0 Å². The maximum absolute atomic E-state index is 13.1. The van der Waals surface area contributed by atoms with Crippen LogP contribution in [-0.2, 0) is 9.84 Å². The Morgan fingerprint density at radius 3 is 2.42 bits per heavy atom. The number of halogens is 1. The normalized spacial score (nSPS) is 15.1. The summed E-state index contributed by atoms with van der Waals surface area (Å²) < 4.78 is 43.1. The summed E-state index contributed by atoms with van der Waals surface area (Å²) in [6, 6.07) is 9.22. The Morgan fingerprint density at radius 2 is 1.83 bits per heavy atom. The second kappa shape index (κ2) is 5.08. The van der Waals surface area contributed by atoms with E-state index in [1.807, 2.05) is 6.07 Å². The van der Waals surface area contributed by atoms with Crippen molar-refractivity contribution in [3.05, 3.63) is 47.8 Å². The quantitative estimate of drug-likeness (QED) is 0.775. The van der Waals surface area contributed by atoms with Crippen molar-refractivity contribution in [2.45, 2.75) is 23.7 Å². The van der Waals surface area contributed by atoms with E-state index >= 15 is 0 Å². The first-order chi connectivity index (χ1) is 11.3. The van der Waals surface area contributed by atoms with Crippen LogP contribution < -0.4 is 5.73 Å². The highest BCUT2D eigenvalue weighted by atomic mass is 32.2. The van der Waals surface area contributed by atoms with Crippen LogP contribution in [0.2, 0.25) is 0 Å². The minimum absolute atomic E-state index is 0.266. The van der Waals surface area contributed by atoms with E-state index in [0.29, 0.717) is 32.9 Å². The van der Waals surface area contributed by atoms with Gasteiger partial charge in [0.1, 0.15) is 11.4 Å². The summed E-state index contributed by atoms with van der Waals surface area (Å²) in [5.74, 6) is 0.351. The van der Waals surface area contributed by atoms with Gasteiger partial charge in [-0.15, -0.1) is 0 Å². The molecular formula is C18H16FNO3S. The number of hydrogen-bond donors (Lipinski definition) is 1. The van der Waals surface area contributed by atoms with Crippen LogP contribution in [0.25, 0.3) is 22.3 Å². The van der Waals surface area contributed by atoms with Gasteiger partial charge < -0.3 is 10.2 Å². The first-order valence-electron chi connectivity index (χ1n) is 7.66. The van der Waals surface area contributed by atoms with E-state index in [1.165, 1.54) is 18.4 Å². The summed E-state index contributed by atoms with van der Waals surface area (Å²) >= 11 is 0. The van der Waals surface area contributed by atoms with E-state index in [2.05, 4.69) is 0 Å². The first kappa shape index (κ1) is 15.2. The molecule has 0 radical (unpaired) electrons. The molecule has 24 heavy (non-hydrogen) atoms. The first-order valence-corrected chi connectivity index (χ1v) is 9.55. The second-order valence-corrected chi connectivity index (χ2v) is 8.27. The molecule has 0 unspecified atom stereocenters. The molecule has 1 aromatic heterocycles. The number of anilines is 1. The van der Waals surface area contributed by atoms with Gasteiger partial charge in [-0.2, -0.15) is 0 Å². The zero-order valence-corrected chi connectivity index (χ0v) is 13.9. The fourth-order valence-electron chi connectivity index (χ4n) is 3.01. The molecule has 0 atom stereocenters. The van der Waals surface area contributed by atoms with E-state index < -0.39 is 9.84 Å². The van der Waals surface area contributed by atoms with Crippen LogP contribution in [0.15, 0.2) is 45.7 Å². The maximum atomic E-state index is 13.1. The number of fused-ring (bicyclic) bond motifs is 1. The highest BCUT2D eigenvalue weighted by Crippen LogP contribution is 2.46. The summed E-state index contributed by atoms with van der Waals surface area (Å²) in [4.78, 5) is 0.303. The Bertz CT molecular complexity index is 1050. The molecule has 0 aliphatic heterocycles. The molecule has 1 fully saturated rings. The Balaban J connectivity index is 1.96. The monoisotopic (exact) mass is 345 g/mol. The van der Waals surface area contributed by atoms with Crippen molar-refractivity contribution in [3.8, 4) is 11.3 Å². The van der Waals surface area contributed by atoms with Gasteiger partial charge in [-0.3, -0.25) is 0 Å². The van der Waals surface area contributed by atoms with Crippen molar-refractivity contribution in [1.29, 1.82) is 0 Å². The third-order valence-electron chi connectivity index (χ3n) is 4.38. The van der Waals surface area contributed by atoms with Gasteiger partial charge in [-0.1, -0.05) is 0 Å². The molecule has 2 aromatic carbocycles. The zero-order chi connectivity index (χ0) is 17.1. The number of benzene rings is 2. The highest BCUT2D eigenvalue weighted by Gasteiger charge is 2.30. The van der Waals surface area contributed by atoms with Crippen LogP contribution in [0.5, 0.6) is 0 Å². The number of sulfone groups is 1. The largest absolute Gasteiger partial charge is 0.454 e. The van der Waals surface area contributed by atoms with Crippen molar-refractivity contribution in [2.75, 3.05) is 12.0 Å². The van der Waals surface area contributed by atoms with Crippen LogP contribution in [-0.4, -0.2) is 14.7 Å². The molecule has 4 nitrogen and oxygen atoms in total. The predicted molar refractivity (Wildman–Crippen MR) is 91.1 cm³/mol. The average molecular weight is 345 g/mol. The summed E-state index contributed by atoms with van der Waals surface area (Å²) in [7, 11) is -3.35. The topological polar surface area (TPSA) is 73.3 Å². The van der Waals surface area contributed by atoms with Crippen molar-refractivity contribution >= 4 is 26.5 Å². The SMILES string of the molecule is CS(=O)(=O)c1cc2oc(-c3ccc(F)cc3)c(N)c2cc1C1CC1. The number of nitrogens with two attached hydrogens (primary N) is 1. The standard InChI is InChI=1S/C18H16FNO3S/c1-24(21,22)16-9-15-14(8-13(16)10-2-3-10)17(20)18(23-15)11-4-6-12(19)7-5-11/h4-10H,2-3,20H2,1H3. The smallest absolute Gasteiger partial charge is 0.175 e. The predicted octanol–water partition coefficient (Wildman–Crippen LogP) is 4.10. The minimum atomic E-state index is -3.35. The maximum Gasteiger partial charge on any atom is 0.175 e. The third kappa shape index (κ3) is 2.47. The molecule has 0 saturated heterocycles. The van der Waals surface area contributed by atoms with E-state index in [0.717, 1.165) is 18.4 Å². The Kier molecular flexibility index (Phi) is 3.22. The van der Waals surface area contributed by atoms with Crippen molar-refractivity contribution in [2.24, 2.45) is 0 Å². The van der Waals surface area contributed by atoms with Gasteiger partial charge in [-0.25, -0.2) is 12.8 Å². The van der Waals surface area contributed by atoms with Crippen LogP contribution in [0.1, 0.15) is 24.3 Å². The van der Waals surface area contributed by atoms with E-state index in [9.17, 15) is 12.8 Å². The molecule has 6 heteroatoms. The summed E-state index contributed by atoms with van der Waals surface area (Å²) in [5, 5.41) is 0.698. The zero-order valence-electron chi connectivity index (χ0n) is 13.0. The van der Waals surface area contributed by atoms with E-state index in [1.54, 1.807) is 18.2 Å². The molecule has 1 aliphatic carbocycles. The molecule has 1 saturated carbocycles. The molecule has 3 aromatic rings. The lowest BCUT2D eigenvalue weighted by Gasteiger charge is -2.07. The van der Waals surface area contributed by atoms with Gasteiger partial charge in [0, 0.05) is 23.3 Å². The Hall–Kier alpha value is -2.34. The second-order valence-electron chi connectivity index (χ2n) is 6.28. The van der Waals surface area contributed by atoms with E-state index in [4.69, 9.17) is 10.2 Å². The van der Waals surface area contributed by atoms with Gasteiger partial charge >= 0.3 is 0 Å². The van der Waals surface area contributed by atoms with Gasteiger partial charge in [0.15, 0.2) is 15.6 Å². The molecule has 0 amide bonds. The lowest BCUT2D eigenvalue weighted by molar-refractivity contribution is 0.599. The van der Waals surface area contributed by atoms with Gasteiger partial charge in [-0.05, 0) is 54.7 Å². The molecule has 1 aliphatic rings. The number of nitrogen functional groups attached to an aromatic ring is 1. The van der Waals surface area contributed by atoms with Gasteiger partial charge in [0.25, 0.3) is 0 Å². The molecule has 1 heterocycles. The number of furan rings is 1. The lowest BCUT2D eigenvalue weighted by atomic mass is 10.1. The summed E-state index contributed by atoms with van der Waals surface area (Å²) in [5.41, 5.74) is 8.55. The van der Waals surface area contributed by atoms with Crippen molar-refractivity contribution in [3.63, 3.8) is 0 Å². The van der Waals surface area contributed by atoms with Crippen LogP contribution in [0, 0.1) is 5.82 Å². The fourth-order valence-corrected chi connectivity index (χ4v) is 3.99. The Labute approximate surface area is 139 Å². The van der Waals surface area contributed by atoms with Crippen molar-refractivity contribution in [1.82, 2.24) is 0 Å². The molecular weight excluding hydrogens is 329 g/mol. The van der Waals surface area contributed by atoms with Crippen molar-refractivity contribution < 1.29 is 17.2 Å². The fraction of sp³-hybridized carbons (Fsp3) is 0.222. The highest BCUT2D eigenvalue weighted by molar-refractivity contribution is 7.90. The summed E-state index contributed by atoms with van der Waals surface area (Å²) in [6.07, 6.45) is 3.17. The lowest BCUT2D eigenvalue weighted by Crippen LogP contribution is -2.01. The average Bonchev–Trinajstić information content (AvgIpc) is 3.32. The molecule has 0 bridgehead atoms.